The molecule has 2 heterocycles. The molecule has 2 N–H and O–H groups in total. The summed E-state index contributed by atoms with van der Waals surface area (Å²) in [6.45, 7) is -0.307. The zero-order chi connectivity index (χ0) is 11.9. The third-order valence-electron chi connectivity index (χ3n) is 2.48. The Hall–Kier alpha value is -1.73. The van der Waals surface area contributed by atoms with Crippen LogP contribution in [0.4, 0.5) is 13.2 Å². The summed E-state index contributed by atoms with van der Waals surface area (Å²) in [7, 11) is 0. The number of amides is 1. The number of nitrogens with one attached hydrogen (secondary N) is 2. The van der Waals surface area contributed by atoms with Gasteiger partial charge in [-0.1, -0.05) is 0 Å². The highest BCUT2D eigenvalue weighted by Gasteiger charge is 2.43. The number of halogens is 3. The van der Waals surface area contributed by atoms with Gasteiger partial charge < -0.3 is 10.00 Å². The number of hydrogen-bond acceptors (Lipinski definition) is 2. The van der Waals surface area contributed by atoms with E-state index in [1.165, 1.54) is 0 Å². The van der Waals surface area contributed by atoms with Crippen LogP contribution < -0.4 is 5.56 Å². The van der Waals surface area contributed by atoms with Crippen molar-refractivity contribution in [3.8, 4) is 0 Å². The molecule has 0 saturated heterocycles. The number of aromatic amines is 2. The van der Waals surface area contributed by atoms with Gasteiger partial charge in [0.1, 0.15) is 0 Å². The van der Waals surface area contributed by atoms with Gasteiger partial charge in [0.2, 0.25) is 0 Å². The fraction of sp³-hybridized carbons (Fsp3) is 0.500. The molecule has 0 aromatic carbocycles. The third kappa shape index (κ3) is 1.70. The molecule has 0 unspecified atom stereocenters. The van der Waals surface area contributed by atoms with E-state index in [2.05, 4.69) is 10.2 Å². The number of nitrogens with zero attached hydrogens (tertiary/aromatic N) is 1. The zero-order valence-electron chi connectivity index (χ0n) is 8.02. The van der Waals surface area contributed by atoms with Crippen molar-refractivity contribution in [1.29, 1.82) is 0 Å². The van der Waals surface area contributed by atoms with Crippen LogP contribution in [-0.4, -0.2) is 33.7 Å². The van der Waals surface area contributed by atoms with Gasteiger partial charge in [-0.05, 0) is 6.42 Å². The van der Waals surface area contributed by atoms with E-state index in [0.717, 1.165) is 0 Å². The molecule has 1 aliphatic heterocycles. The van der Waals surface area contributed by atoms with Gasteiger partial charge in [0, 0.05) is 12.1 Å². The van der Waals surface area contributed by atoms with Crippen molar-refractivity contribution < 1.29 is 18.0 Å². The molecule has 8 heteroatoms. The lowest BCUT2D eigenvalue weighted by molar-refractivity contribution is -0.186. The molecule has 16 heavy (non-hydrogen) atoms. The van der Waals surface area contributed by atoms with E-state index in [-0.39, 0.29) is 25.1 Å². The summed E-state index contributed by atoms with van der Waals surface area (Å²) in [4.78, 5) is 22.7. The molecule has 88 valence electrons. The van der Waals surface area contributed by atoms with Crippen LogP contribution >= 0.6 is 0 Å². The lowest BCUT2D eigenvalue weighted by atomic mass is 10.1. The van der Waals surface area contributed by atoms with Crippen molar-refractivity contribution in [2.24, 2.45) is 0 Å². The smallest absolute Gasteiger partial charge is 0.329 e. The molecule has 0 aliphatic carbocycles. The van der Waals surface area contributed by atoms with Crippen LogP contribution in [0.3, 0.4) is 0 Å². The normalized spacial score (nSPS) is 16.1. The van der Waals surface area contributed by atoms with E-state index in [1.807, 2.05) is 0 Å². The molecule has 1 aromatic heterocycles. The van der Waals surface area contributed by atoms with Gasteiger partial charge >= 0.3 is 12.1 Å². The third-order valence-corrected chi connectivity index (χ3v) is 2.48. The molecule has 0 atom stereocenters. The number of aromatic nitrogens is 2. The predicted octanol–water partition coefficient (Wildman–Crippen LogP) is 0.150. The zero-order valence-corrected chi connectivity index (χ0v) is 8.02. The minimum absolute atomic E-state index is 0.0910. The molecule has 5 nitrogen and oxygen atoms in total. The van der Waals surface area contributed by atoms with Crippen LogP contribution in [0.5, 0.6) is 0 Å². The minimum atomic E-state index is -4.87. The number of carbonyl (C=O) groups is 1. The summed E-state index contributed by atoms with van der Waals surface area (Å²) < 4.78 is 36.4. The van der Waals surface area contributed by atoms with Gasteiger partial charge in [-0.2, -0.15) is 13.2 Å². The standard InChI is InChI=1S/C8H8F3N3O2/c9-8(10,11)7(16)14-2-1-4-5(3-14)12-13-6(4)15/h1-3H2,(H2,12,13,15). The molecule has 1 aromatic rings. The first-order chi connectivity index (χ1) is 7.39. The van der Waals surface area contributed by atoms with Crippen molar-refractivity contribution in [2.75, 3.05) is 6.54 Å². The van der Waals surface area contributed by atoms with Gasteiger partial charge in [0.05, 0.1) is 12.2 Å². The van der Waals surface area contributed by atoms with Gasteiger partial charge in [-0.25, -0.2) is 0 Å². The molecule has 0 spiro atoms. The second-order valence-electron chi connectivity index (χ2n) is 3.51. The minimum Gasteiger partial charge on any atom is -0.329 e. The number of carbonyl (C=O) groups excluding carboxylic acids is 1. The first-order valence-electron chi connectivity index (χ1n) is 4.54. The van der Waals surface area contributed by atoms with Crippen molar-refractivity contribution in [1.82, 2.24) is 15.1 Å². The Labute approximate surface area is 87.2 Å². The Morgan fingerprint density at radius 1 is 1.31 bits per heavy atom. The van der Waals surface area contributed by atoms with Crippen LogP contribution in [0, 0.1) is 0 Å². The highest BCUT2D eigenvalue weighted by molar-refractivity contribution is 5.82. The van der Waals surface area contributed by atoms with Crippen LogP contribution in [0.2, 0.25) is 0 Å². The average Bonchev–Trinajstić information content (AvgIpc) is 2.57. The van der Waals surface area contributed by atoms with Crippen molar-refractivity contribution in [2.45, 2.75) is 19.1 Å². The number of alkyl halides is 3. The first kappa shape index (κ1) is 10.8. The van der Waals surface area contributed by atoms with Crippen LogP contribution in [0.25, 0.3) is 0 Å². The predicted molar refractivity (Wildman–Crippen MR) is 46.6 cm³/mol. The first-order valence-corrected chi connectivity index (χ1v) is 4.54. The summed E-state index contributed by atoms with van der Waals surface area (Å²) in [5.41, 5.74) is 0.425. The molecule has 2 rings (SSSR count). The summed E-state index contributed by atoms with van der Waals surface area (Å²) in [6.07, 6.45) is -4.73. The van der Waals surface area contributed by atoms with Crippen molar-refractivity contribution in [3.05, 3.63) is 21.6 Å². The van der Waals surface area contributed by atoms with Gasteiger partial charge in [-0.3, -0.25) is 14.7 Å². The van der Waals surface area contributed by atoms with E-state index in [0.29, 0.717) is 16.2 Å². The summed E-state index contributed by atoms with van der Waals surface area (Å²) >= 11 is 0. The van der Waals surface area contributed by atoms with E-state index in [1.54, 1.807) is 0 Å². The van der Waals surface area contributed by atoms with Crippen LogP contribution in [-0.2, 0) is 17.8 Å². The highest BCUT2D eigenvalue weighted by Crippen LogP contribution is 2.22. The van der Waals surface area contributed by atoms with E-state index in [9.17, 15) is 22.8 Å². The number of fused-ring (bicyclic) bond motifs is 1. The molecule has 0 fully saturated rings. The second kappa shape index (κ2) is 3.39. The molecule has 0 saturated carbocycles. The SMILES string of the molecule is O=C(N1CCc2c([nH][nH]c2=O)C1)C(F)(F)F. The fourth-order valence-electron chi connectivity index (χ4n) is 1.69. The topological polar surface area (TPSA) is 69.0 Å². The summed E-state index contributed by atoms with van der Waals surface area (Å²) in [6, 6.07) is 0. The summed E-state index contributed by atoms with van der Waals surface area (Å²) in [5.74, 6) is -1.87. The lowest BCUT2D eigenvalue weighted by Gasteiger charge is -2.26. The Bertz CT molecular complexity index is 474. The monoisotopic (exact) mass is 235 g/mol. The summed E-state index contributed by atoms with van der Waals surface area (Å²) in [5, 5.41) is 4.74. The number of H-pyrrole nitrogens is 2. The maximum absolute atomic E-state index is 12.1. The largest absolute Gasteiger partial charge is 0.471 e. The van der Waals surface area contributed by atoms with E-state index >= 15 is 0 Å². The molecule has 1 amide bonds. The number of rotatable bonds is 0. The Balaban J connectivity index is 2.21. The second-order valence-corrected chi connectivity index (χ2v) is 3.51. The van der Waals surface area contributed by atoms with Gasteiger partial charge in [0.15, 0.2) is 0 Å². The highest BCUT2D eigenvalue weighted by atomic mass is 19.4. The Kier molecular flexibility index (Phi) is 2.28. The van der Waals surface area contributed by atoms with Crippen LogP contribution in [0.15, 0.2) is 4.79 Å². The van der Waals surface area contributed by atoms with E-state index < -0.39 is 12.1 Å². The maximum atomic E-state index is 12.1. The number of hydrogen-bond donors (Lipinski definition) is 2. The van der Waals surface area contributed by atoms with E-state index in [4.69, 9.17) is 0 Å². The Morgan fingerprint density at radius 3 is 2.62 bits per heavy atom. The van der Waals surface area contributed by atoms with Crippen molar-refractivity contribution >= 4 is 5.91 Å². The van der Waals surface area contributed by atoms with Gasteiger partial charge in [0.25, 0.3) is 5.56 Å². The molecule has 0 radical (unpaired) electrons. The molecule has 0 bridgehead atoms. The maximum Gasteiger partial charge on any atom is 0.471 e. The molecular formula is C8H8F3N3O2. The lowest BCUT2D eigenvalue weighted by Crippen LogP contribution is -2.44. The van der Waals surface area contributed by atoms with Gasteiger partial charge in [-0.15, -0.1) is 0 Å². The Morgan fingerprint density at radius 2 is 2.00 bits per heavy atom. The fourth-order valence-corrected chi connectivity index (χ4v) is 1.69. The van der Waals surface area contributed by atoms with Crippen molar-refractivity contribution in [3.63, 3.8) is 0 Å². The molecule has 1 aliphatic rings. The molecular weight excluding hydrogens is 227 g/mol. The average molecular weight is 235 g/mol. The van der Waals surface area contributed by atoms with Crippen LogP contribution in [0.1, 0.15) is 11.3 Å². The quantitative estimate of drug-likeness (QED) is 0.672.